The Morgan fingerprint density at radius 1 is 0.900 bits per heavy atom. The fraction of sp³-hybridized carbons (Fsp3) is 0.250. The minimum absolute atomic E-state index is 0.439. The maximum Gasteiger partial charge on any atom is 0.420 e. The van der Waals surface area contributed by atoms with Crippen LogP contribution in [-0.4, -0.2) is 0 Å². The van der Waals surface area contributed by atoms with Crippen LogP contribution in [0.2, 0.25) is 0 Å². The monoisotopic (exact) mass is 391 g/mol. The van der Waals surface area contributed by atoms with Gasteiger partial charge in [0.1, 0.15) is 5.56 Å². The van der Waals surface area contributed by atoms with Crippen LogP contribution in [0.15, 0.2) is 36.4 Å². The van der Waals surface area contributed by atoms with Gasteiger partial charge in [0.25, 0.3) is 0 Å². The third-order valence-corrected chi connectivity index (χ3v) is 6.72. The van der Waals surface area contributed by atoms with Crippen molar-refractivity contribution in [3.63, 3.8) is 0 Å². The van der Waals surface area contributed by atoms with Crippen molar-refractivity contribution in [1.29, 1.82) is 0 Å². The Morgan fingerprint density at radius 3 is 2.00 bits per heavy atom. The maximum absolute atomic E-state index is 13.0. The highest BCUT2D eigenvalue weighted by atomic mass is 127. The Morgan fingerprint density at radius 2 is 1.45 bits per heavy atom. The van der Waals surface area contributed by atoms with Gasteiger partial charge in [0.2, 0.25) is 3.57 Å². The van der Waals surface area contributed by atoms with Gasteiger partial charge in [0, 0.05) is 11.1 Å². The fourth-order valence-corrected chi connectivity index (χ4v) is 5.09. The van der Waals surface area contributed by atoms with Crippen molar-refractivity contribution in [2.24, 2.45) is 0 Å². The second kappa shape index (κ2) is 5.76. The second-order valence-electron chi connectivity index (χ2n) is 4.78. The van der Waals surface area contributed by atoms with Gasteiger partial charge in [0.05, 0.1) is 0 Å². The van der Waals surface area contributed by atoms with Gasteiger partial charge in [-0.1, -0.05) is 29.8 Å². The van der Waals surface area contributed by atoms with E-state index in [1.54, 1.807) is 12.1 Å². The van der Waals surface area contributed by atoms with Crippen LogP contribution in [0.5, 0.6) is 0 Å². The lowest BCUT2D eigenvalue weighted by atomic mass is 10.1. The highest BCUT2D eigenvalue weighted by Gasteiger charge is 2.38. The SMILES string of the molecule is Cc1cc(C)c([I+]c2ccccc2C(F)(F)F)c(C)c1. The summed E-state index contributed by atoms with van der Waals surface area (Å²) in [5.41, 5.74) is 2.84. The summed E-state index contributed by atoms with van der Waals surface area (Å²) in [5.74, 6) is 0. The summed E-state index contributed by atoms with van der Waals surface area (Å²) in [6, 6.07) is 9.99. The molecule has 2 aromatic carbocycles. The van der Waals surface area contributed by atoms with E-state index < -0.39 is 32.9 Å². The van der Waals surface area contributed by atoms with E-state index in [1.165, 1.54) is 12.1 Å². The minimum atomic E-state index is -4.27. The third-order valence-electron chi connectivity index (χ3n) is 2.96. The number of hydrogen-bond donors (Lipinski definition) is 0. The zero-order chi connectivity index (χ0) is 14.9. The molecule has 0 aliphatic carbocycles. The van der Waals surface area contributed by atoms with E-state index in [4.69, 9.17) is 0 Å². The standard InChI is InChI=1S/C16H15F3I/c1-10-8-11(2)15(12(3)9-10)20-14-7-5-4-6-13(14)16(17,18)19/h4-9H,1-3H3/q+1. The first kappa shape index (κ1) is 15.4. The Balaban J connectivity index is 2.46. The van der Waals surface area contributed by atoms with Crippen LogP contribution in [0.25, 0.3) is 0 Å². The molecule has 0 bridgehead atoms. The zero-order valence-electron chi connectivity index (χ0n) is 11.5. The molecule has 20 heavy (non-hydrogen) atoms. The van der Waals surface area contributed by atoms with Crippen molar-refractivity contribution < 1.29 is 34.4 Å². The van der Waals surface area contributed by atoms with Crippen LogP contribution >= 0.6 is 0 Å². The van der Waals surface area contributed by atoms with Gasteiger partial charge in [-0.05, 0) is 32.9 Å². The van der Waals surface area contributed by atoms with Crippen LogP contribution in [0.1, 0.15) is 22.3 Å². The Hall–Kier alpha value is -1.04. The van der Waals surface area contributed by atoms with E-state index >= 15 is 0 Å². The van der Waals surface area contributed by atoms with E-state index in [0.29, 0.717) is 3.57 Å². The van der Waals surface area contributed by atoms with Gasteiger partial charge < -0.3 is 0 Å². The average Bonchev–Trinajstić information content (AvgIpc) is 2.33. The summed E-state index contributed by atoms with van der Waals surface area (Å²) < 4.78 is 40.6. The number of aryl methyl sites for hydroxylation is 3. The molecule has 0 saturated carbocycles. The molecule has 0 unspecified atom stereocenters. The molecular formula is C16H15F3I+. The molecule has 0 aliphatic heterocycles. The first-order chi connectivity index (χ1) is 9.29. The van der Waals surface area contributed by atoms with Crippen molar-refractivity contribution in [3.8, 4) is 0 Å². The molecule has 106 valence electrons. The molecule has 0 spiro atoms. The van der Waals surface area contributed by atoms with E-state index in [1.807, 2.05) is 32.9 Å². The number of hydrogen-bond acceptors (Lipinski definition) is 0. The van der Waals surface area contributed by atoms with Crippen molar-refractivity contribution in [2.75, 3.05) is 0 Å². The van der Waals surface area contributed by atoms with Gasteiger partial charge in [-0.2, -0.15) is 13.2 Å². The van der Waals surface area contributed by atoms with Crippen LogP contribution in [0.4, 0.5) is 13.2 Å². The summed E-state index contributed by atoms with van der Waals surface area (Å²) in [6.07, 6.45) is -4.27. The Kier molecular flexibility index (Phi) is 4.42. The third kappa shape index (κ3) is 3.34. The van der Waals surface area contributed by atoms with Crippen LogP contribution in [0.3, 0.4) is 0 Å². The number of alkyl halides is 3. The normalized spacial score (nSPS) is 11.7. The average molecular weight is 391 g/mol. The Labute approximate surface area is 127 Å². The molecule has 0 radical (unpaired) electrons. The van der Waals surface area contributed by atoms with E-state index in [9.17, 15) is 13.2 Å². The highest BCUT2D eigenvalue weighted by Crippen LogP contribution is 2.28. The molecule has 0 fully saturated rings. The topological polar surface area (TPSA) is 0 Å². The van der Waals surface area contributed by atoms with E-state index in [0.717, 1.165) is 20.3 Å². The molecule has 2 aromatic rings. The number of benzene rings is 2. The first-order valence-corrected chi connectivity index (χ1v) is 8.33. The number of halogens is 4. The number of rotatable bonds is 2. The van der Waals surface area contributed by atoms with Gasteiger partial charge in [0.15, 0.2) is 3.57 Å². The second-order valence-corrected chi connectivity index (χ2v) is 7.57. The van der Waals surface area contributed by atoms with E-state index in [2.05, 4.69) is 0 Å². The van der Waals surface area contributed by atoms with Gasteiger partial charge >= 0.3 is 27.4 Å². The fourth-order valence-electron chi connectivity index (χ4n) is 2.19. The van der Waals surface area contributed by atoms with Crippen molar-refractivity contribution in [1.82, 2.24) is 0 Å². The van der Waals surface area contributed by atoms with Crippen LogP contribution < -0.4 is 21.2 Å². The van der Waals surface area contributed by atoms with Gasteiger partial charge in [-0.25, -0.2) is 0 Å². The van der Waals surface area contributed by atoms with Crippen molar-refractivity contribution in [3.05, 3.63) is 65.8 Å². The smallest absolute Gasteiger partial charge is 0.166 e. The first-order valence-electron chi connectivity index (χ1n) is 6.18. The molecule has 0 N–H and O–H groups in total. The summed E-state index contributed by atoms with van der Waals surface area (Å²) in [4.78, 5) is 0. The molecule has 4 heteroatoms. The van der Waals surface area contributed by atoms with Gasteiger partial charge in [-0.15, -0.1) is 0 Å². The van der Waals surface area contributed by atoms with E-state index in [-0.39, 0.29) is 0 Å². The molecule has 0 saturated heterocycles. The van der Waals surface area contributed by atoms with Crippen molar-refractivity contribution in [2.45, 2.75) is 26.9 Å². The molecule has 0 aromatic heterocycles. The minimum Gasteiger partial charge on any atom is -0.166 e. The highest BCUT2D eigenvalue weighted by molar-refractivity contribution is 5.27. The molecule has 2 rings (SSSR count). The lowest BCUT2D eigenvalue weighted by Crippen LogP contribution is -3.62. The maximum atomic E-state index is 13.0. The van der Waals surface area contributed by atoms with Crippen LogP contribution in [-0.2, 0) is 6.18 Å². The molecule has 0 atom stereocenters. The summed E-state index contributed by atoms with van der Waals surface area (Å²) in [6.45, 7) is 5.96. The molecular weight excluding hydrogens is 376 g/mol. The van der Waals surface area contributed by atoms with Crippen LogP contribution in [0, 0.1) is 27.9 Å². The molecule has 0 aliphatic rings. The Bertz CT molecular complexity index is 607. The van der Waals surface area contributed by atoms with Gasteiger partial charge in [-0.3, -0.25) is 0 Å². The van der Waals surface area contributed by atoms with Crippen molar-refractivity contribution >= 4 is 0 Å². The molecule has 0 heterocycles. The molecule has 0 nitrogen and oxygen atoms in total. The predicted octanol–water partition coefficient (Wildman–Crippen LogP) is 1.76. The summed E-state index contributed by atoms with van der Waals surface area (Å²) in [7, 11) is 0. The predicted molar refractivity (Wildman–Crippen MR) is 69.5 cm³/mol. The molecule has 0 amide bonds. The lowest BCUT2D eigenvalue weighted by molar-refractivity contribution is -0.601. The summed E-state index contributed by atoms with van der Waals surface area (Å²) >= 11 is -0.835. The quantitative estimate of drug-likeness (QED) is 0.685. The lowest BCUT2D eigenvalue weighted by Gasteiger charge is -2.06. The largest absolute Gasteiger partial charge is 0.420 e. The zero-order valence-corrected chi connectivity index (χ0v) is 13.6. The summed E-state index contributed by atoms with van der Waals surface area (Å²) in [5, 5.41) is 0.